The van der Waals surface area contributed by atoms with Crippen LogP contribution in [0.15, 0.2) is 151 Å². The van der Waals surface area contributed by atoms with Crippen molar-refractivity contribution < 1.29 is 0 Å². The monoisotopic (exact) mass is 621 g/mol. The second kappa shape index (κ2) is 13.0. The van der Waals surface area contributed by atoms with Crippen molar-refractivity contribution in [2.45, 2.75) is 52.9 Å². The lowest BCUT2D eigenvalue weighted by molar-refractivity contribution is 0.529. The largest absolute Gasteiger partial charge is 0.310 e. The summed E-state index contributed by atoms with van der Waals surface area (Å²) in [6, 6.07) is 33.9. The van der Waals surface area contributed by atoms with Crippen LogP contribution in [0.5, 0.6) is 0 Å². The smallest absolute Gasteiger partial charge is 0.0540 e. The quantitative estimate of drug-likeness (QED) is 0.177. The van der Waals surface area contributed by atoms with E-state index in [0.29, 0.717) is 0 Å². The van der Waals surface area contributed by atoms with Crippen LogP contribution >= 0.6 is 0 Å². The van der Waals surface area contributed by atoms with E-state index in [1.54, 1.807) is 0 Å². The van der Waals surface area contributed by atoms with Gasteiger partial charge in [0.15, 0.2) is 0 Å². The third kappa shape index (κ3) is 5.83. The van der Waals surface area contributed by atoms with Gasteiger partial charge in [-0.15, -0.1) is 5.73 Å². The second-order valence-corrected chi connectivity index (χ2v) is 13.7. The zero-order chi connectivity index (χ0) is 33.3. The van der Waals surface area contributed by atoms with Crippen LogP contribution in [0.2, 0.25) is 0 Å². The van der Waals surface area contributed by atoms with E-state index in [2.05, 4.69) is 173 Å². The summed E-state index contributed by atoms with van der Waals surface area (Å²) >= 11 is 0. The zero-order valence-corrected chi connectivity index (χ0v) is 28.7. The van der Waals surface area contributed by atoms with Crippen molar-refractivity contribution in [3.8, 4) is 11.1 Å². The number of nitrogens with zero attached hydrogens (tertiary/aromatic N) is 1. The molecule has 0 saturated carbocycles. The summed E-state index contributed by atoms with van der Waals surface area (Å²) in [7, 11) is 0. The average molecular weight is 622 g/mol. The van der Waals surface area contributed by atoms with E-state index in [1.807, 2.05) is 18.2 Å². The molecule has 7 rings (SSSR count). The van der Waals surface area contributed by atoms with Gasteiger partial charge in [0.05, 0.1) is 5.69 Å². The third-order valence-electron chi connectivity index (χ3n) is 10.1. The molecular formula is C47H43N. The van der Waals surface area contributed by atoms with Crippen molar-refractivity contribution in [2.24, 2.45) is 0 Å². The van der Waals surface area contributed by atoms with Gasteiger partial charge in [-0.3, -0.25) is 0 Å². The van der Waals surface area contributed by atoms with Crippen molar-refractivity contribution in [1.82, 2.24) is 0 Å². The fraction of sp³-hybridized carbons (Fsp3) is 0.170. The summed E-state index contributed by atoms with van der Waals surface area (Å²) in [4.78, 5) is 2.45. The Morgan fingerprint density at radius 1 is 0.646 bits per heavy atom. The molecular weight excluding hydrogens is 579 g/mol. The molecule has 0 atom stereocenters. The molecule has 0 bridgehead atoms. The SMILES string of the molecule is Cc1c(-c2ccc3c(c2C)C/C=C\C=C/CC3(C)C)cccc1N(c1ccc(C2=CC=C=CC=C2)cc1)c1ccc(C)c2ccccc12. The van der Waals surface area contributed by atoms with Crippen LogP contribution in [-0.4, -0.2) is 0 Å². The van der Waals surface area contributed by atoms with Gasteiger partial charge in [-0.25, -0.2) is 0 Å². The Morgan fingerprint density at radius 2 is 1.42 bits per heavy atom. The minimum absolute atomic E-state index is 0.0723. The molecule has 2 aliphatic rings. The lowest BCUT2D eigenvalue weighted by Gasteiger charge is -2.31. The number of allylic oxidation sites excluding steroid dienone is 9. The maximum atomic E-state index is 3.17. The first-order valence-electron chi connectivity index (χ1n) is 17.1. The van der Waals surface area contributed by atoms with Crippen molar-refractivity contribution >= 4 is 33.4 Å². The van der Waals surface area contributed by atoms with Crippen LogP contribution < -0.4 is 4.90 Å². The molecule has 0 heterocycles. The molecule has 5 aromatic rings. The van der Waals surface area contributed by atoms with E-state index < -0.39 is 0 Å². The minimum Gasteiger partial charge on any atom is -0.310 e. The Balaban J connectivity index is 1.40. The molecule has 1 heteroatoms. The summed E-state index contributed by atoms with van der Waals surface area (Å²) in [6.07, 6.45) is 21.2. The highest BCUT2D eigenvalue weighted by Gasteiger charge is 2.26. The van der Waals surface area contributed by atoms with E-state index in [9.17, 15) is 0 Å². The molecule has 0 radical (unpaired) electrons. The van der Waals surface area contributed by atoms with Crippen LogP contribution in [0.4, 0.5) is 17.1 Å². The maximum Gasteiger partial charge on any atom is 0.0540 e. The highest BCUT2D eigenvalue weighted by atomic mass is 15.1. The van der Waals surface area contributed by atoms with E-state index in [0.717, 1.165) is 18.5 Å². The van der Waals surface area contributed by atoms with E-state index in [4.69, 9.17) is 0 Å². The van der Waals surface area contributed by atoms with Gasteiger partial charge in [-0.1, -0.05) is 117 Å². The fourth-order valence-electron chi connectivity index (χ4n) is 7.41. The molecule has 1 nitrogen and oxygen atoms in total. The van der Waals surface area contributed by atoms with Gasteiger partial charge in [0.2, 0.25) is 0 Å². The highest BCUT2D eigenvalue weighted by molar-refractivity contribution is 6.01. The summed E-state index contributed by atoms with van der Waals surface area (Å²) in [5.74, 6) is 0. The first-order chi connectivity index (χ1) is 23.3. The van der Waals surface area contributed by atoms with Gasteiger partial charge < -0.3 is 4.90 Å². The predicted octanol–water partition coefficient (Wildman–Crippen LogP) is 12.9. The molecule has 5 aromatic carbocycles. The van der Waals surface area contributed by atoms with Crippen molar-refractivity contribution in [3.63, 3.8) is 0 Å². The second-order valence-electron chi connectivity index (χ2n) is 13.7. The van der Waals surface area contributed by atoms with Crippen LogP contribution in [-0.2, 0) is 11.8 Å². The summed E-state index contributed by atoms with van der Waals surface area (Å²) < 4.78 is 0. The van der Waals surface area contributed by atoms with Crippen LogP contribution in [0.3, 0.4) is 0 Å². The van der Waals surface area contributed by atoms with Crippen LogP contribution in [0.1, 0.15) is 53.6 Å². The zero-order valence-electron chi connectivity index (χ0n) is 28.7. The molecule has 48 heavy (non-hydrogen) atoms. The molecule has 0 aromatic heterocycles. The minimum atomic E-state index is 0.0723. The molecule has 2 aliphatic carbocycles. The molecule has 236 valence electrons. The molecule has 0 amide bonds. The molecule has 0 spiro atoms. The van der Waals surface area contributed by atoms with Gasteiger partial charge in [-0.2, -0.15) is 0 Å². The number of hydrogen-bond acceptors (Lipinski definition) is 1. The van der Waals surface area contributed by atoms with E-state index >= 15 is 0 Å². The number of aryl methyl sites for hydroxylation is 1. The Kier molecular flexibility index (Phi) is 8.49. The van der Waals surface area contributed by atoms with E-state index in [1.165, 1.54) is 72.2 Å². The van der Waals surface area contributed by atoms with Crippen molar-refractivity contribution in [3.05, 3.63) is 185 Å². The number of hydrogen-bond donors (Lipinski definition) is 0. The Hall–Kier alpha value is -5.36. The molecule has 0 N–H and O–H groups in total. The van der Waals surface area contributed by atoms with Crippen molar-refractivity contribution in [2.75, 3.05) is 4.90 Å². The lowest BCUT2D eigenvalue weighted by atomic mass is 9.76. The standard InChI is InChI=1S/C47H43N/c1-33-24-31-46(43-21-14-13-19-39(33)43)48(38-27-25-37(26-28-38)36-17-10-6-7-11-18-36)45-23-16-22-40(35(45)3)41-29-30-44-42(34(41)2)20-12-8-9-15-32-47(44,4)5/h6,8-19,21-31H,20,32H2,1-5H3/b12-8-,15-9-. The molecule has 0 unspecified atom stereocenters. The summed E-state index contributed by atoms with van der Waals surface area (Å²) in [6.45, 7) is 11.6. The number of benzene rings is 5. The Morgan fingerprint density at radius 3 is 2.25 bits per heavy atom. The van der Waals surface area contributed by atoms with E-state index in [-0.39, 0.29) is 5.41 Å². The van der Waals surface area contributed by atoms with Gasteiger partial charge in [0, 0.05) is 16.8 Å². The number of rotatable bonds is 5. The highest BCUT2D eigenvalue weighted by Crippen LogP contribution is 2.45. The van der Waals surface area contributed by atoms with Crippen molar-refractivity contribution in [1.29, 1.82) is 0 Å². The van der Waals surface area contributed by atoms with Crippen LogP contribution in [0.25, 0.3) is 27.5 Å². The van der Waals surface area contributed by atoms with Gasteiger partial charge in [-0.05, 0) is 137 Å². The molecule has 0 saturated heterocycles. The maximum absolute atomic E-state index is 3.17. The average Bonchev–Trinajstić information content (AvgIpc) is 3.35. The number of anilines is 3. The van der Waals surface area contributed by atoms with Gasteiger partial charge >= 0.3 is 0 Å². The topological polar surface area (TPSA) is 3.24 Å². The molecule has 0 fully saturated rings. The summed E-state index contributed by atoms with van der Waals surface area (Å²) in [5, 5.41) is 2.52. The Bertz CT molecular complexity index is 2210. The van der Waals surface area contributed by atoms with Gasteiger partial charge in [0.1, 0.15) is 0 Å². The fourth-order valence-corrected chi connectivity index (χ4v) is 7.41. The lowest BCUT2D eigenvalue weighted by Crippen LogP contribution is -2.19. The van der Waals surface area contributed by atoms with Crippen LogP contribution in [0, 0.1) is 20.8 Å². The summed E-state index contributed by atoms with van der Waals surface area (Å²) in [5.41, 5.74) is 18.5. The molecule has 0 aliphatic heterocycles. The normalized spacial score (nSPS) is 16.3. The van der Waals surface area contributed by atoms with Gasteiger partial charge in [0.25, 0.3) is 0 Å². The third-order valence-corrected chi connectivity index (χ3v) is 10.1. The first kappa shape index (κ1) is 31.3. The predicted molar refractivity (Wildman–Crippen MR) is 208 cm³/mol. The number of fused-ring (bicyclic) bond motifs is 2. The first-order valence-corrected chi connectivity index (χ1v) is 17.1. The Labute approximate surface area is 286 Å².